The largest absolute Gasteiger partial charge is 0.194 e. The van der Waals surface area contributed by atoms with Gasteiger partial charge in [-0.25, -0.2) is 0 Å². The first kappa shape index (κ1) is 12.9. The summed E-state index contributed by atoms with van der Waals surface area (Å²) in [5.41, 5.74) is 1.99. The zero-order chi connectivity index (χ0) is 10.9. The van der Waals surface area contributed by atoms with E-state index in [1.165, 1.54) is 0 Å². The van der Waals surface area contributed by atoms with Gasteiger partial charge in [0, 0.05) is 10.9 Å². The topological polar surface area (TPSA) is 0 Å². The van der Waals surface area contributed by atoms with Gasteiger partial charge >= 0.3 is 0 Å². The Morgan fingerprint density at radius 1 is 1.29 bits per heavy atom. The van der Waals surface area contributed by atoms with E-state index in [1.54, 1.807) is 0 Å². The Labute approximate surface area is 112 Å². The number of hydrogen-bond donors (Lipinski definition) is 0. The molecule has 0 aliphatic heterocycles. The summed E-state index contributed by atoms with van der Waals surface area (Å²) in [6, 6.07) is 3.72. The molecule has 1 rings (SSSR count). The van der Waals surface area contributed by atoms with Gasteiger partial charge in [0.15, 0.2) is 3.79 Å². The van der Waals surface area contributed by atoms with Gasteiger partial charge in [-0.2, -0.15) is 0 Å². The van der Waals surface area contributed by atoms with Crippen molar-refractivity contribution in [3.63, 3.8) is 0 Å². The van der Waals surface area contributed by atoms with Gasteiger partial charge in [-0.15, -0.1) is 0 Å². The molecule has 0 aliphatic carbocycles. The van der Waals surface area contributed by atoms with Crippen LogP contribution in [0.15, 0.2) is 16.6 Å². The maximum Gasteiger partial charge on any atom is 0.194 e. The average molecular weight is 337 g/mol. The molecule has 0 heterocycles. The number of hydrogen-bond acceptors (Lipinski definition) is 0. The van der Waals surface area contributed by atoms with Crippen LogP contribution >= 0.6 is 62.3 Å². The maximum atomic E-state index is 5.94. The average Bonchev–Trinajstić information content (AvgIpc) is 1.97. The second-order valence-corrected chi connectivity index (χ2v) is 6.76. The van der Waals surface area contributed by atoms with E-state index in [9.17, 15) is 0 Å². The molecule has 0 bridgehead atoms. The van der Waals surface area contributed by atoms with Crippen LogP contribution in [-0.4, -0.2) is 3.79 Å². The standard InChI is InChI=1S/C9H7BrCl4/c1-5-2-7(10)8(11)3-6(5)4-9(12,13)14/h2-3H,4H2,1H3. The highest BCUT2D eigenvalue weighted by Gasteiger charge is 2.21. The zero-order valence-electron chi connectivity index (χ0n) is 7.25. The molecule has 0 aromatic heterocycles. The van der Waals surface area contributed by atoms with E-state index in [-0.39, 0.29) is 0 Å². The van der Waals surface area contributed by atoms with Crippen molar-refractivity contribution in [2.75, 3.05) is 0 Å². The predicted octanol–water partition coefficient (Wildman–Crippen LogP) is 5.32. The maximum absolute atomic E-state index is 5.94. The van der Waals surface area contributed by atoms with Crippen LogP contribution in [0.3, 0.4) is 0 Å². The van der Waals surface area contributed by atoms with Crippen LogP contribution in [0.1, 0.15) is 11.1 Å². The van der Waals surface area contributed by atoms with Gasteiger partial charge in [0.25, 0.3) is 0 Å². The highest BCUT2D eigenvalue weighted by Crippen LogP contribution is 2.34. The van der Waals surface area contributed by atoms with Crippen LogP contribution in [-0.2, 0) is 6.42 Å². The molecule has 0 nitrogen and oxygen atoms in total. The van der Waals surface area contributed by atoms with Crippen molar-refractivity contribution in [1.29, 1.82) is 0 Å². The Morgan fingerprint density at radius 3 is 2.36 bits per heavy atom. The SMILES string of the molecule is Cc1cc(Br)c(Cl)cc1CC(Cl)(Cl)Cl. The first-order chi connectivity index (χ1) is 6.29. The second kappa shape index (κ2) is 4.80. The van der Waals surface area contributed by atoms with Crippen molar-refractivity contribution in [3.8, 4) is 0 Å². The van der Waals surface area contributed by atoms with E-state index in [1.807, 2.05) is 19.1 Å². The van der Waals surface area contributed by atoms with Crippen LogP contribution < -0.4 is 0 Å². The molecule has 0 spiro atoms. The molecule has 0 atom stereocenters. The minimum Gasteiger partial charge on any atom is -0.0833 e. The highest BCUT2D eigenvalue weighted by molar-refractivity contribution is 9.10. The van der Waals surface area contributed by atoms with Crippen molar-refractivity contribution in [1.82, 2.24) is 0 Å². The summed E-state index contributed by atoms with van der Waals surface area (Å²) < 4.78 is -0.424. The fourth-order valence-corrected chi connectivity index (χ4v) is 2.17. The van der Waals surface area contributed by atoms with Crippen LogP contribution in [0.25, 0.3) is 0 Å². The van der Waals surface area contributed by atoms with Gasteiger partial charge < -0.3 is 0 Å². The minimum atomic E-state index is -1.28. The predicted molar refractivity (Wildman–Crippen MR) is 67.9 cm³/mol. The van der Waals surface area contributed by atoms with Crippen LogP contribution in [0, 0.1) is 6.92 Å². The molecule has 5 heteroatoms. The summed E-state index contributed by atoms with van der Waals surface area (Å²) in [4.78, 5) is 0. The first-order valence-corrected chi connectivity index (χ1v) is 6.11. The summed E-state index contributed by atoms with van der Waals surface area (Å²) in [7, 11) is 0. The summed E-state index contributed by atoms with van der Waals surface area (Å²) in [5, 5.41) is 0.625. The Bertz CT molecular complexity index is 343. The monoisotopic (exact) mass is 334 g/mol. The molecule has 14 heavy (non-hydrogen) atoms. The van der Waals surface area contributed by atoms with Gasteiger partial charge in [-0.1, -0.05) is 46.4 Å². The second-order valence-electron chi connectivity index (χ2n) is 2.98. The van der Waals surface area contributed by atoms with E-state index < -0.39 is 3.79 Å². The molecule has 0 aliphatic rings. The van der Waals surface area contributed by atoms with Gasteiger partial charge in [0.05, 0.1) is 5.02 Å². The molecule has 0 saturated heterocycles. The lowest BCUT2D eigenvalue weighted by Gasteiger charge is -2.13. The lowest BCUT2D eigenvalue weighted by molar-refractivity contribution is 1.00. The summed E-state index contributed by atoms with van der Waals surface area (Å²) in [5.74, 6) is 0. The van der Waals surface area contributed by atoms with E-state index >= 15 is 0 Å². The quantitative estimate of drug-likeness (QED) is 0.608. The van der Waals surface area contributed by atoms with Crippen LogP contribution in [0.2, 0.25) is 5.02 Å². The summed E-state index contributed by atoms with van der Waals surface area (Å²) in [6.45, 7) is 1.95. The number of rotatable bonds is 1. The number of halogens is 5. The normalized spacial score (nSPS) is 11.9. The van der Waals surface area contributed by atoms with Crippen molar-refractivity contribution >= 4 is 62.3 Å². The molecular formula is C9H7BrCl4. The number of aryl methyl sites for hydroxylation is 1. The van der Waals surface area contributed by atoms with E-state index in [4.69, 9.17) is 46.4 Å². The molecule has 1 aromatic rings. The van der Waals surface area contributed by atoms with Crippen molar-refractivity contribution in [3.05, 3.63) is 32.8 Å². The van der Waals surface area contributed by atoms with Crippen LogP contribution in [0.5, 0.6) is 0 Å². The lowest BCUT2D eigenvalue weighted by atomic mass is 10.1. The molecule has 0 N–H and O–H groups in total. The fraction of sp³-hybridized carbons (Fsp3) is 0.333. The van der Waals surface area contributed by atoms with Crippen LogP contribution in [0.4, 0.5) is 0 Å². The lowest BCUT2D eigenvalue weighted by Crippen LogP contribution is -2.08. The Balaban J connectivity index is 3.04. The van der Waals surface area contributed by atoms with Crippen molar-refractivity contribution in [2.24, 2.45) is 0 Å². The van der Waals surface area contributed by atoms with Crippen molar-refractivity contribution < 1.29 is 0 Å². The minimum absolute atomic E-state index is 0.358. The number of alkyl halides is 3. The molecule has 78 valence electrons. The van der Waals surface area contributed by atoms with E-state index in [0.717, 1.165) is 15.6 Å². The molecule has 0 unspecified atom stereocenters. The highest BCUT2D eigenvalue weighted by atomic mass is 79.9. The van der Waals surface area contributed by atoms with E-state index in [2.05, 4.69) is 15.9 Å². The molecule has 0 amide bonds. The van der Waals surface area contributed by atoms with Gasteiger partial charge in [0.2, 0.25) is 0 Å². The third kappa shape index (κ3) is 3.79. The smallest absolute Gasteiger partial charge is 0.0833 e. The zero-order valence-corrected chi connectivity index (χ0v) is 11.9. The van der Waals surface area contributed by atoms with Gasteiger partial charge in [-0.3, -0.25) is 0 Å². The summed E-state index contributed by atoms with van der Waals surface area (Å²) >= 11 is 26.4. The van der Waals surface area contributed by atoms with E-state index in [0.29, 0.717) is 11.4 Å². The summed E-state index contributed by atoms with van der Waals surface area (Å²) in [6.07, 6.45) is 0.358. The third-order valence-corrected chi connectivity index (χ3v) is 3.37. The van der Waals surface area contributed by atoms with Gasteiger partial charge in [0.1, 0.15) is 0 Å². The molecule has 0 saturated carbocycles. The van der Waals surface area contributed by atoms with Gasteiger partial charge in [-0.05, 0) is 46.1 Å². The first-order valence-electron chi connectivity index (χ1n) is 3.81. The Hall–Kier alpha value is 0.860. The Morgan fingerprint density at radius 2 is 1.86 bits per heavy atom. The molecule has 0 fully saturated rings. The molecule has 0 radical (unpaired) electrons. The number of benzene rings is 1. The third-order valence-electron chi connectivity index (χ3n) is 1.77. The van der Waals surface area contributed by atoms with Crippen molar-refractivity contribution in [2.45, 2.75) is 17.1 Å². The molecule has 1 aromatic carbocycles. The Kier molecular flexibility index (Phi) is 4.43. The fourth-order valence-electron chi connectivity index (χ4n) is 1.09. The molecular weight excluding hydrogens is 330 g/mol.